The lowest BCUT2D eigenvalue weighted by molar-refractivity contribution is 0.598. The lowest BCUT2D eigenvalue weighted by Crippen LogP contribution is -2.11. The van der Waals surface area contributed by atoms with Crippen molar-refractivity contribution in [2.45, 2.75) is 9.79 Å². The van der Waals surface area contributed by atoms with Crippen molar-refractivity contribution < 1.29 is 8.42 Å². The van der Waals surface area contributed by atoms with E-state index in [1.807, 2.05) is 18.4 Å². The number of nitrogens with one attached hydrogen (secondary N) is 1. The summed E-state index contributed by atoms with van der Waals surface area (Å²) in [7, 11) is -3.72. The number of rotatable bonds is 4. The summed E-state index contributed by atoms with van der Waals surface area (Å²) >= 11 is 4.61. The highest BCUT2D eigenvalue weighted by Crippen LogP contribution is 2.34. The Labute approximate surface area is 156 Å². The van der Waals surface area contributed by atoms with Crippen molar-refractivity contribution in [3.8, 4) is 0 Å². The van der Waals surface area contributed by atoms with Crippen LogP contribution in [-0.4, -0.2) is 24.6 Å². The summed E-state index contributed by atoms with van der Waals surface area (Å²) in [5, 5.41) is 9.79. The minimum atomic E-state index is -3.72. The third-order valence-electron chi connectivity index (χ3n) is 3.50. The van der Waals surface area contributed by atoms with Crippen molar-refractivity contribution in [1.82, 2.24) is 9.97 Å². The van der Waals surface area contributed by atoms with E-state index in [0.717, 1.165) is 20.0 Å². The molecule has 2 heterocycles. The van der Waals surface area contributed by atoms with E-state index in [1.54, 1.807) is 29.2 Å². The summed E-state index contributed by atoms with van der Waals surface area (Å²) in [6, 6.07) is 10.8. The number of aromatic nitrogens is 2. The van der Waals surface area contributed by atoms with Gasteiger partial charge in [0.2, 0.25) is 10.0 Å². The number of fused-ring (bicyclic) bond motifs is 2. The minimum absolute atomic E-state index is 0.0831. The first kappa shape index (κ1) is 16.7. The number of sulfonamides is 1. The van der Waals surface area contributed by atoms with Crippen LogP contribution in [0.5, 0.6) is 0 Å². The molecule has 0 aliphatic heterocycles. The molecule has 10 heteroatoms. The molecular weight excluding hydrogens is 396 g/mol. The molecule has 0 atom stereocenters. The molecule has 0 fully saturated rings. The van der Waals surface area contributed by atoms with Crippen molar-refractivity contribution in [2.24, 2.45) is 5.14 Å². The second-order valence-corrected chi connectivity index (χ2v) is 9.67. The number of nitrogens with two attached hydrogens (primary N) is 1. The van der Waals surface area contributed by atoms with Crippen molar-refractivity contribution in [3.05, 3.63) is 36.4 Å². The monoisotopic (exact) mass is 408 g/mol. The average molecular weight is 409 g/mol. The first-order valence-electron chi connectivity index (χ1n) is 7.07. The Morgan fingerprint density at radius 3 is 2.20 bits per heavy atom. The smallest absolute Gasteiger partial charge is 0.238 e. The third-order valence-corrected chi connectivity index (χ3v) is 7.00. The summed E-state index contributed by atoms with van der Waals surface area (Å²) in [6.07, 6.45) is 2.04. The highest BCUT2D eigenvalue weighted by atomic mass is 32.2. The van der Waals surface area contributed by atoms with E-state index < -0.39 is 10.0 Å². The van der Waals surface area contributed by atoms with Gasteiger partial charge in [-0.25, -0.2) is 23.5 Å². The topological polar surface area (TPSA) is 98.0 Å². The van der Waals surface area contributed by atoms with E-state index in [0.29, 0.717) is 10.6 Å². The highest BCUT2D eigenvalue weighted by Gasteiger charge is 2.12. The number of thioether (sulfide) groups is 1. The van der Waals surface area contributed by atoms with Gasteiger partial charge >= 0.3 is 0 Å². The minimum Gasteiger partial charge on any atom is -0.307 e. The van der Waals surface area contributed by atoms with Crippen molar-refractivity contribution in [3.63, 3.8) is 0 Å². The first-order valence-corrected chi connectivity index (χ1v) is 11.5. The Bertz CT molecular complexity index is 1200. The first-order chi connectivity index (χ1) is 11.9. The zero-order chi connectivity index (χ0) is 17.6. The van der Waals surface area contributed by atoms with Gasteiger partial charge in [0.15, 0.2) is 10.3 Å². The Kier molecular flexibility index (Phi) is 4.16. The maximum atomic E-state index is 11.5. The summed E-state index contributed by atoms with van der Waals surface area (Å²) in [4.78, 5) is 10.3. The van der Waals surface area contributed by atoms with E-state index in [-0.39, 0.29) is 4.90 Å². The maximum Gasteiger partial charge on any atom is 0.238 e. The molecule has 0 saturated carbocycles. The molecule has 3 N–H and O–H groups in total. The normalized spacial score (nSPS) is 12.1. The quantitative estimate of drug-likeness (QED) is 0.495. The van der Waals surface area contributed by atoms with Crippen LogP contribution >= 0.6 is 34.4 Å². The number of hydrogen-bond acceptors (Lipinski definition) is 8. The van der Waals surface area contributed by atoms with E-state index in [2.05, 4.69) is 21.4 Å². The van der Waals surface area contributed by atoms with Crippen molar-refractivity contribution >= 4 is 75.2 Å². The van der Waals surface area contributed by atoms with Crippen LogP contribution in [0.1, 0.15) is 0 Å². The van der Waals surface area contributed by atoms with Crippen LogP contribution in [0.15, 0.2) is 46.2 Å². The predicted octanol–water partition coefficient (Wildman–Crippen LogP) is 4.02. The molecule has 0 saturated heterocycles. The largest absolute Gasteiger partial charge is 0.307 e. The molecule has 0 unspecified atom stereocenters. The molecule has 0 bridgehead atoms. The zero-order valence-corrected chi connectivity index (χ0v) is 16.2. The number of benzene rings is 2. The van der Waals surface area contributed by atoms with Crippen LogP contribution in [0.3, 0.4) is 0 Å². The third kappa shape index (κ3) is 3.35. The fourth-order valence-electron chi connectivity index (χ4n) is 2.31. The lowest BCUT2D eigenvalue weighted by atomic mass is 10.3. The van der Waals surface area contributed by atoms with Crippen LogP contribution in [0, 0.1) is 0 Å². The molecular formula is C15H12N4O2S4. The Morgan fingerprint density at radius 2 is 1.60 bits per heavy atom. The van der Waals surface area contributed by atoms with Gasteiger partial charge < -0.3 is 5.32 Å². The van der Waals surface area contributed by atoms with Gasteiger partial charge in [0.05, 0.1) is 25.3 Å². The molecule has 6 nitrogen and oxygen atoms in total. The molecule has 128 valence electrons. The second kappa shape index (κ2) is 6.22. The Hall–Kier alpha value is -1.72. The Morgan fingerprint density at radius 1 is 1.00 bits per heavy atom. The molecule has 2 aromatic carbocycles. The molecule has 0 aliphatic rings. The van der Waals surface area contributed by atoms with Gasteiger partial charge in [-0.2, -0.15) is 0 Å². The van der Waals surface area contributed by atoms with Crippen LogP contribution in [0.2, 0.25) is 0 Å². The second-order valence-electron chi connectivity index (χ2n) is 5.17. The lowest BCUT2D eigenvalue weighted by Gasteiger charge is -1.95. The SMILES string of the molecule is CSc1ccc2nc(Nc3nc4ccc(S(N)(=O)=O)cc4s3)sc2c1. The highest BCUT2D eigenvalue weighted by molar-refractivity contribution is 7.98. The number of hydrogen-bond donors (Lipinski definition) is 2. The van der Waals surface area contributed by atoms with Crippen molar-refractivity contribution in [1.29, 1.82) is 0 Å². The summed E-state index contributed by atoms with van der Waals surface area (Å²) < 4.78 is 24.8. The van der Waals surface area contributed by atoms with Gasteiger partial charge in [-0.05, 0) is 42.7 Å². The molecule has 0 amide bonds. The fourth-order valence-corrected chi connectivity index (χ4v) is 5.31. The van der Waals surface area contributed by atoms with Crippen LogP contribution in [0.25, 0.3) is 20.4 Å². The fraction of sp³-hybridized carbons (Fsp3) is 0.0667. The van der Waals surface area contributed by atoms with Crippen LogP contribution < -0.4 is 10.5 Å². The number of primary sulfonamides is 1. The molecule has 0 spiro atoms. The number of thiazole rings is 2. The van der Waals surface area contributed by atoms with Gasteiger partial charge in [0, 0.05) is 4.90 Å². The average Bonchev–Trinajstić information content (AvgIpc) is 3.14. The summed E-state index contributed by atoms with van der Waals surface area (Å²) in [5.41, 5.74) is 1.65. The van der Waals surface area contributed by atoms with Gasteiger partial charge in [-0.1, -0.05) is 22.7 Å². The van der Waals surface area contributed by atoms with E-state index in [4.69, 9.17) is 5.14 Å². The van der Waals surface area contributed by atoms with Gasteiger partial charge in [0.1, 0.15) is 0 Å². The van der Waals surface area contributed by atoms with E-state index in [1.165, 1.54) is 28.4 Å². The molecule has 0 radical (unpaired) electrons. The van der Waals surface area contributed by atoms with E-state index in [9.17, 15) is 8.42 Å². The standard InChI is InChI=1S/C15H12N4O2S4/c1-22-8-2-4-10-12(6-8)23-14(17-10)19-15-18-11-5-3-9(25(16,20)21)7-13(11)24-15/h2-7H,1H3,(H2,16,20,21)(H,17,18,19). The molecule has 0 aliphatic carbocycles. The molecule has 2 aromatic heterocycles. The van der Waals surface area contributed by atoms with Gasteiger partial charge in [-0.3, -0.25) is 0 Å². The zero-order valence-electron chi connectivity index (χ0n) is 12.9. The summed E-state index contributed by atoms with van der Waals surface area (Å²) in [5.74, 6) is 0. The molecule has 25 heavy (non-hydrogen) atoms. The molecule has 4 rings (SSSR count). The van der Waals surface area contributed by atoms with E-state index >= 15 is 0 Å². The summed E-state index contributed by atoms with van der Waals surface area (Å²) in [6.45, 7) is 0. The number of nitrogens with zero attached hydrogens (tertiary/aromatic N) is 2. The molecule has 4 aromatic rings. The van der Waals surface area contributed by atoms with Crippen molar-refractivity contribution in [2.75, 3.05) is 11.6 Å². The van der Waals surface area contributed by atoms with Gasteiger partial charge in [-0.15, -0.1) is 11.8 Å². The Balaban J connectivity index is 1.68. The maximum absolute atomic E-state index is 11.5. The predicted molar refractivity (Wildman–Crippen MR) is 106 cm³/mol. The van der Waals surface area contributed by atoms with Gasteiger partial charge in [0.25, 0.3) is 0 Å². The van der Waals surface area contributed by atoms with Crippen LogP contribution in [0.4, 0.5) is 10.3 Å². The van der Waals surface area contributed by atoms with Crippen LogP contribution in [-0.2, 0) is 10.0 Å². The number of anilines is 2.